The zero-order chi connectivity index (χ0) is 28.5. The van der Waals surface area contributed by atoms with Crippen LogP contribution < -0.4 is 0 Å². The molecule has 2 saturated carbocycles. The SMILES string of the molecule is CCC[C@@H](CC[C@@H]1[C@H]2CC(O)O[C@H]2C[C@H]1O)OP.CCC[C@@H](CC[C@@H]1[C@H]2CC(O)O[C@H]2C[C@H]1OB(P)P)OP.[3HH].[3HH]. The lowest BCUT2D eigenvalue weighted by atomic mass is 9.86. The molecule has 0 aromatic carbocycles. The smallest absolute Gasteiger partial charge is 0.336 e. The van der Waals surface area contributed by atoms with Crippen molar-refractivity contribution in [1.82, 2.24) is 0 Å². The van der Waals surface area contributed by atoms with E-state index in [1.165, 1.54) is 0 Å². The molecule has 8 nitrogen and oxygen atoms in total. The van der Waals surface area contributed by atoms with Crippen molar-refractivity contribution >= 4 is 43.5 Å². The van der Waals surface area contributed by atoms with Gasteiger partial charge in [0.15, 0.2) is 12.6 Å². The summed E-state index contributed by atoms with van der Waals surface area (Å²) in [6.45, 7) is 4.33. The Morgan fingerprint density at radius 2 is 1.26 bits per heavy atom. The number of aliphatic hydroxyl groups excluding tert-OH is 3. The molecule has 0 amide bonds. The van der Waals surface area contributed by atoms with Crippen LogP contribution in [0.4, 0.5) is 0 Å². The van der Waals surface area contributed by atoms with E-state index in [2.05, 4.69) is 51.0 Å². The van der Waals surface area contributed by atoms with Gasteiger partial charge in [-0.15, -0.1) is 18.2 Å². The quantitative estimate of drug-likeness (QED) is 0.182. The van der Waals surface area contributed by atoms with E-state index >= 15 is 0 Å². The molecule has 4 aliphatic rings. The monoisotopic (exact) mass is 636 g/mol. The average molecular weight is 636 g/mol. The van der Waals surface area contributed by atoms with Gasteiger partial charge in [-0.2, -0.15) is 0 Å². The maximum absolute atomic E-state index is 10.1. The van der Waals surface area contributed by atoms with Gasteiger partial charge in [0.1, 0.15) is 0 Å². The van der Waals surface area contributed by atoms with Crippen LogP contribution >= 0.6 is 37.2 Å². The Hall–Kier alpha value is 1.46. The van der Waals surface area contributed by atoms with Crippen LogP contribution in [0.25, 0.3) is 0 Å². The molecular formula is C26H57BO8P4. The first kappa shape index (κ1) is 34.9. The topological polar surface area (TPSA) is 107 Å². The highest BCUT2D eigenvalue weighted by atomic mass is 31.1. The predicted octanol–water partition coefficient (Wildman–Crippen LogP) is 4.94. The standard InChI is InChI=1S/C13H28BO4P3.C13H25O4P.2H2/c1-2-3-8(18-21)4-5-9-10-6-13(15)16-11(10)7-12(9)17-14(19)20;1-2-3-8(17-18)4-5-9-10-6-13(15)16-12(10)7-11(9)14;;/h8-13,15H,2-7,19-21H2,1H3;8-15H,2-7,18H2,1H3;2*1H/t8-,9+,10+,11-,12+,13?;8-,9+,10+,11+,12-,13?;;/m00../s1/i;;2*1+2. The third-order valence-corrected chi connectivity index (χ3v) is 10.2. The number of aliphatic hydroxyl groups is 3. The maximum atomic E-state index is 10.1. The molecule has 2 heterocycles. The fraction of sp³-hybridized carbons (Fsp3) is 1.00. The fourth-order valence-corrected chi connectivity index (χ4v) is 8.30. The molecular weight excluding hydrogens is 575 g/mol. The summed E-state index contributed by atoms with van der Waals surface area (Å²) >= 11 is 0. The van der Waals surface area contributed by atoms with Crippen LogP contribution in [0.5, 0.6) is 0 Å². The van der Waals surface area contributed by atoms with Crippen molar-refractivity contribution in [3.05, 3.63) is 0 Å². The summed E-state index contributed by atoms with van der Waals surface area (Å²) in [5, 5.41) is 29.3. The Balaban J connectivity index is 0.000000395. The van der Waals surface area contributed by atoms with Crippen LogP contribution in [0.15, 0.2) is 0 Å². The van der Waals surface area contributed by atoms with Gasteiger partial charge >= 0.3 is 6.35 Å². The molecule has 232 valence electrons. The summed E-state index contributed by atoms with van der Waals surface area (Å²) < 4.78 is 28.0. The molecule has 39 heavy (non-hydrogen) atoms. The third-order valence-electron chi connectivity index (χ3n) is 9.16. The lowest BCUT2D eigenvalue weighted by Crippen LogP contribution is -2.27. The van der Waals surface area contributed by atoms with Gasteiger partial charge in [0.05, 0.1) is 30.5 Å². The molecule has 13 heteroatoms. The first-order valence-electron chi connectivity index (χ1n) is 14.9. The van der Waals surface area contributed by atoms with Gasteiger partial charge in [-0.05, 0) is 68.6 Å². The molecule has 0 bridgehead atoms. The zero-order valence-corrected chi connectivity index (χ0v) is 28.3. The second kappa shape index (κ2) is 17.7. The number of ether oxygens (including phenoxy) is 2. The number of rotatable bonds is 14. The van der Waals surface area contributed by atoms with Crippen molar-refractivity contribution in [2.24, 2.45) is 23.7 Å². The molecule has 0 radical (unpaired) electrons. The highest BCUT2D eigenvalue weighted by Gasteiger charge is 2.50. The van der Waals surface area contributed by atoms with E-state index in [9.17, 15) is 15.3 Å². The first-order valence-corrected chi connectivity index (χ1v) is 17.2. The Morgan fingerprint density at radius 3 is 1.74 bits per heavy atom. The van der Waals surface area contributed by atoms with E-state index in [0.29, 0.717) is 36.7 Å². The second-order valence-electron chi connectivity index (χ2n) is 11.8. The second-order valence-corrected chi connectivity index (χ2v) is 14.4. The van der Waals surface area contributed by atoms with Crippen LogP contribution in [0.1, 0.15) is 93.8 Å². The van der Waals surface area contributed by atoms with E-state index < -0.39 is 12.6 Å². The summed E-state index contributed by atoms with van der Waals surface area (Å²) in [5.41, 5.74) is 0. The number of hydrogen-bond acceptors (Lipinski definition) is 8. The van der Waals surface area contributed by atoms with Gasteiger partial charge in [0.25, 0.3) is 0 Å². The molecule has 16 atom stereocenters. The molecule has 2 saturated heterocycles. The summed E-state index contributed by atoms with van der Waals surface area (Å²) in [5.74, 6) is 1.45. The molecule has 0 aromatic heterocycles. The lowest BCUT2D eigenvalue weighted by Gasteiger charge is -2.27. The molecule has 3 N–H and O–H groups in total. The molecule has 6 unspecified atom stereocenters. The van der Waals surface area contributed by atoms with Gasteiger partial charge in [-0.25, -0.2) is 0 Å². The lowest BCUT2D eigenvalue weighted by molar-refractivity contribution is -0.0954. The third kappa shape index (κ3) is 10.3. The number of hydrogen-bond donors (Lipinski definition) is 3. The predicted molar refractivity (Wildman–Crippen MR) is 172 cm³/mol. The molecule has 4 fully saturated rings. The van der Waals surface area contributed by atoms with Crippen molar-refractivity contribution < 1.29 is 41.3 Å². The van der Waals surface area contributed by atoms with Gasteiger partial charge in [0, 0.05) is 47.2 Å². The highest BCUT2D eigenvalue weighted by Crippen LogP contribution is 2.47. The van der Waals surface area contributed by atoms with E-state index in [1.807, 2.05) is 0 Å². The summed E-state index contributed by atoms with van der Waals surface area (Å²) in [6.07, 6.45) is 11.0. The van der Waals surface area contributed by atoms with E-state index in [1.54, 1.807) is 0 Å². The Bertz CT molecular complexity index is 712. The average Bonchev–Trinajstić information content (AvgIpc) is 3.59. The summed E-state index contributed by atoms with van der Waals surface area (Å²) in [7, 11) is 10.1. The zero-order valence-electron chi connectivity index (χ0n) is 23.7. The molecule has 0 aromatic rings. The van der Waals surface area contributed by atoms with Crippen LogP contribution in [-0.4, -0.2) is 70.9 Å². The first-order chi connectivity index (χ1) is 18.7. The minimum atomic E-state index is -0.626. The van der Waals surface area contributed by atoms with Crippen LogP contribution in [0, 0.1) is 23.7 Å². The van der Waals surface area contributed by atoms with Gasteiger partial charge in [-0.1, -0.05) is 26.7 Å². The fourth-order valence-electron chi connectivity index (χ4n) is 7.35. The molecule has 4 rings (SSSR count). The van der Waals surface area contributed by atoms with E-state index in [-0.39, 0.29) is 45.6 Å². The van der Waals surface area contributed by atoms with Gasteiger partial charge < -0.3 is 38.5 Å². The van der Waals surface area contributed by atoms with E-state index in [4.69, 9.17) is 23.2 Å². The van der Waals surface area contributed by atoms with Crippen molar-refractivity contribution in [3.8, 4) is 0 Å². The van der Waals surface area contributed by atoms with Crippen molar-refractivity contribution in [3.63, 3.8) is 0 Å². The largest absolute Gasteiger partial charge is 0.425 e. The van der Waals surface area contributed by atoms with Crippen LogP contribution in [-0.2, 0) is 23.2 Å². The van der Waals surface area contributed by atoms with Gasteiger partial charge in [-0.3, -0.25) is 0 Å². The van der Waals surface area contributed by atoms with Crippen LogP contribution in [0.2, 0.25) is 0 Å². The highest BCUT2D eigenvalue weighted by molar-refractivity contribution is 7.92. The number of fused-ring (bicyclic) bond motifs is 2. The molecule has 0 spiro atoms. The summed E-state index contributed by atoms with van der Waals surface area (Å²) in [6, 6.07) is 0. The summed E-state index contributed by atoms with van der Waals surface area (Å²) in [4.78, 5) is 0. The van der Waals surface area contributed by atoms with E-state index in [0.717, 1.165) is 64.2 Å². The Labute approximate surface area is 248 Å². The normalized spacial score (nSPS) is 38.7. The van der Waals surface area contributed by atoms with Crippen LogP contribution in [0.3, 0.4) is 0 Å². The van der Waals surface area contributed by atoms with Crippen molar-refractivity contribution in [2.75, 3.05) is 0 Å². The maximum Gasteiger partial charge on any atom is 0.336 e. The molecule has 2 aliphatic heterocycles. The minimum absolute atomic E-state index is 0. The molecule has 2 aliphatic carbocycles. The van der Waals surface area contributed by atoms with Gasteiger partial charge in [0.2, 0.25) is 0 Å². The minimum Gasteiger partial charge on any atom is -0.425 e. The van der Waals surface area contributed by atoms with Crippen molar-refractivity contribution in [1.29, 1.82) is 0 Å². The Morgan fingerprint density at radius 1 is 0.769 bits per heavy atom. The Kier molecular flexibility index (Phi) is 15.8. The van der Waals surface area contributed by atoms with Crippen molar-refractivity contribution in [2.45, 2.75) is 140 Å².